The Morgan fingerprint density at radius 3 is 2.53 bits per heavy atom. The first-order chi connectivity index (χ1) is 8.58. The Morgan fingerprint density at radius 2 is 1.95 bits per heavy atom. The highest BCUT2D eigenvalue weighted by Gasteiger charge is 2.34. The van der Waals surface area contributed by atoms with Gasteiger partial charge in [-0.3, -0.25) is 4.79 Å². The van der Waals surface area contributed by atoms with Gasteiger partial charge in [0.15, 0.2) is 0 Å². The van der Waals surface area contributed by atoms with Gasteiger partial charge in [-0.25, -0.2) is 0 Å². The summed E-state index contributed by atoms with van der Waals surface area (Å²) < 4.78 is 0. The summed E-state index contributed by atoms with van der Waals surface area (Å²) in [4.78, 5) is 12.2. The number of nitrogens with one attached hydrogen (secondary N) is 1. The number of hydrogen-bond acceptors (Lipinski definition) is 2. The Labute approximate surface area is 129 Å². The van der Waals surface area contributed by atoms with Crippen LogP contribution in [-0.2, 0) is 0 Å². The van der Waals surface area contributed by atoms with Crippen LogP contribution in [0, 0.1) is 0 Å². The van der Waals surface area contributed by atoms with Gasteiger partial charge >= 0.3 is 0 Å². The molecule has 1 saturated carbocycles. The van der Waals surface area contributed by atoms with Gasteiger partial charge in [-0.1, -0.05) is 42.1 Å². The van der Waals surface area contributed by atoms with E-state index in [4.69, 9.17) is 28.9 Å². The molecule has 0 atom stereocenters. The third-order valence-corrected chi connectivity index (χ3v) is 4.35. The van der Waals surface area contributed by atoms with E-state index in [0.29, 0.717) is 22.2 Å². The van der Waals surface area contributed by atoms with E-state index in [1.165, 1.54) is 0 Å². The lowest BCUT2D eigenvalue weighted by Gasteiger charge is -2.28. The molecule has 0 bridgehead atoms. The van der Waals surface area contributed by atoms with Crippen molar-refractivity contribution in [2.24, 2.45) is 5.73 Å². The summed E-state index contributed by atoms with van der Waals surface area (Å²) in [5.41, 5.74) is 5.92. The predicted molar refractivity (Wildman–Crippen MR) is 81.4 cm³/mol. The summed E-state index contributed by atoms with van der Waals surface area (Å²) in [5, 5.41) is 3.70. The van der Waals surface area contributed by atoms with Crippen molar-refractivity contribution >= 4 is 41.5 Å². The molecule has 3 N–H and O–H groups in total. The van der Waals surface area contributed by atoms with E-state index in [1.807, 2.05) is 0 Å². The summed E-state index contributed by atoms with van der Waals surface area (Å²) in [7, 11) is 0. The molecule has 3 nitrogen and oxygen atoms in total. The quantitative estimate of drug-likeness (QED) is 0.895. The fraction of sp³-hybridized carbons (Fsp3) is 0.462. The van der Waals surface area contributed by atoms with Crippen LogP contribution in [0.4, 0.5) is 0 Å². The molecular formula is C13H17Cl3N2O. The predicted octanol–water partition coefficient (Wildman–Crippen LogP) is 3.42. The number of carbonyl (C=O) groups is 1. The highest BCUT2D eigenvalue weighted by molar-refractivity contribution is 6.43. The first-order valence-electron chi connectivity index (χ1n) is 6.05. The van der Waals surface area contributed by atoms with Gasteiger partial charge in [0.1, 0.15) is 0 Å². The highest BCUT2D eigenvalue weighted by Crippen LogP contribution is 2.30. The average molecular weight is 324 g/mol. The molecule has 0 saturated heterocycles. The van der Waals surface area contributed by atoms with E-state index in [2.05, 4.69) is 5.32 Å². The lowest BCUT2D eigenvalue weighted by Crippen LogP contribution is -2.51. The third kappa shape index (κ3) is 3.54. The highest BCUT2D eigenvalue weighted by atomic mass is 35.5. The van der Waals surface area contributed by atoms with Crippen LogP contribution in [-0.4, -0.2) is 18.0 Å². The number of amides is 1. The minimum absolute atomic E-state index is 0. The van der Waals surface area contributed by atoms with Crippen molar-refractivity contribution in [3.63, 3.8) is 0 Å². The SMILES string of the molecule is Cl.NCC1(NC(=O)c2cccc(Cl)c2Cl)CCCC1. The van der Waals surface area contributed by atoms with Crippen molar-refractivity contribution in [2.45, 2.75) is 31.2 Å². The zero-order chi connectivity index (χ0) is 13.2. The van der Waals surface area contributed by atoms with Crippen LogP contribution in [0.2, 0.25) is 10.0 Å². The molecule has 1 aliphatic rings. The Kier molecular flexibility index (Phi) is 5.93. The van der Waals surface area contributed by atoms with Crippen LogP contribution in [0.15, 0.2) is 18.2 Å². The molecule has 0 aromatic heterocycles. The zero-order valence-electron chi connectivity index (χ0n) is 10.4. The van der Waals surface area contributed by atoms with Crippen LogP contribution in [0.25, 0.3) is 0 Å². The summed E-state index contributed by atoms with van der Waals surface area (Å²) in [5.74, 6) is -0.199. The molecule has 1 aromatic rings. The molecule has 106 valence electrons. The van der Waals surface area contributed by atoms with Gasteiger partial charge < -0.3 is 11.1 Å². The first-order valence-corrected chi connectivity index (χ1v) is 6.80. The fourth-order valence-electron chi connectivity index (χ4n) is 2.42. The second-order valence-electron chi connectivity index (χ2n) is 4.75. The molecule has 1 aliphatic carbocycles. The molecule has 19 heavy (non-hydrogen) atoms. The summed E-state index contributed by atoms with van der Waals surface area (Å²) in [6.45, 7) is 0.455. The Bertz CT molecular complexity index is 459. The maximum Gasteiger partial charge on any atom is 0.253 e. The summed E-state index contributed by atoms with van der Waals surface area (Å²) in [6.07, 6.45) is 4.04. The third-order valence-electron chi connectivity index (χ3n) is 3.53. The fourth-order valence-corrected chi connectivity index (χ4v) is 2.81. The van der Waals surface area contributed by atoms with Crippen molar-refractivity contribution in [1.29, 1.82) is 0 Å². The standard InChI is InChI=1S/C13H16Cl2N2O.ClH/c14-10-5-3-4-9(11(10)15)12(18)17-13(8-16)6-1-2-7-13;/h3-5H,1-2,6-8,16H2,(H,17,18);1H. The Hall–Kier alpha value is -0.480. The summed E-state index contributed by atoms with van der Waals surface area (Å²) >= 11 is 11.9. The van der Waals surface area contributed by atoms with Crippen LogP contribution in [0.1, 0.15) is 36.0 Å². The normalized spacial score (nSPS) is 16.8. The lowest BCUT2D eigenvalue weighted by atomic mass is 9.97. The van der Waals surface area contributed by atoms with Crippen LogP contribution >= 0.6 is 35.6 Å². The van der Waals surface area contributed by atoms with Crippen molar-refractivity contribution in [3.8, 4) is 0 Å². The topological polar surface area (TPSA) is 55.1 Å². The van der Waals surface area contributed by atoms with Crippen LogP contribution in [0.3, 0.4) is 0 Å². The Morgan fingerprint density at radius 1 is 1.32 bits per heavy atom. The molecule has 0 radical (unpaired) electrons. The van der Waals surface area contributed by atoms with Crippen molar-refractivity contribution < 1.29 is 4.79 Å². The molecule has 0 aliphatic heterocycles. The molecule has 0 spiro atoms. The number of nitrogens with two attached hydrogens (primary N) is 1. The van der Waals surface area contributed by atoms with Crippen molar-refractivity contribution in [3.05, 3.63) is 33.8 Å². The van der Waals surface area contributed by atoms with Crippen LogP contribution in [0.5, 0.6) is 0 Å². The number of halogens is 3. The van der Waals surface area contributed by atoms with E-state index in [1.54, 1.807) is 18.2 Å². The lowest BCUT2D eigenvalue weighted by molar-refractivity contribution is 0.0903. The van der Waals surface area contributed by atoms with Gasteiger partial charge in [-0.15, -0.1) is 12.4 Å². The minimum Gasteiger partial charge on any atom is -0.345 e. The maximum absolute atomic E-state index is 12.2. The molecule has 0 unspecified atom stereocenters. The monoisotopic (exact) mass is 322 g/mol. The van der Waals surface area contributed by atoms with Gasteiger partial charge in [0.05, 0.1) is 21.1 Å². The molecule has 1 amide bonds. The van der Waals surface area contributed by atoms with E-state index in [0.717, 1.165) is 25.7 Å². The molecular weight excluding hydrogens is 307 g/mol. The second kappa shape index (κ2) is 6.80. The number of rotatable bonds is 3. The van der Waals surface area contributed by atoms with Gasteiger partial charge in [0.2, 0.25) is 0 Å². The first kappa shape index (κ1) is 16.6. The molecule has 0 heterocycles. The van der Waals surface area contributed by atoms with Gasteiger partial charge in [-0.05, 0) is 25.0 Å². The largest absolute Gasteiger partial charge is 0.345 e. The van der Waals surface area contributed by atoms with Gasteiger partial charge in [0, 0.05) is 6.54 Å². The van der Waals surface area contributed by atoms with Crippen LogP contribution < -0.4 is 11.1 Å². The number of carbonyl (C=O) groups excluding carboxylic acids is 1. The molecule has 2 rings (SSSR count). The number of hydrogen-bond donors (Lipinski definition) is 2. The van der Waals surface area contributed by atoms with Gasteiger partial charge in [0.25, 0.3) is 5.91 Å². The van der Waals surface area contributed by atoms with E-state index >= 15 is 0 Å². The molecule has 6 heteroatoms. The molecule has 1 fully saturated rings. The smallest absolute Gasteiger partial charge is 0.253 e. The van der Waals surface area contributed by atoms with Crippen molar-refractivity contribution in [1.82, 2.24) is 5.32 Å². The van der Waals surface area contributed by atoms with Crippen molar-refractivity contribution in [2.75, 3.05) is 6.54 Å². The Balaban J connectivity index is 0.00000180. The zero-order valence-corrected chi connectivity index (χ0v) is 12.7. The maximum atomic E-state index is 12.2. The summed E-state index contributed by atoms with van der Waals surface area (Å²) in [6, 6.07) is 5.05. The second-order valence-corrected chi connectivity index (χ2v) is 5.53. The number of benzene rings is 1. The van der Waals surface area contributed by atoms with Gasteiger partial charge in [-0.2, -0.15) is 0 Å². The van der Waals surface area contributed by atoms with E-state index in [9.17, 15) is 4.79 Å². The van der Waals surface area contributed by atoms with E-state index in [-0.39, 0.29) is 23.9 Å². The molecule has 1 aromatic carbocycles. The minimum atomic E-state index is -0.275. The van der Waals surface area contributed by atoms with E-state index < -0.39 is 0 Å². The average Bonchev–Trinajstić information content (AvgIpc) is 2.81.